The Morgan fingerprint density at radius 1 is 1.55 bits per heavy atom. The lowest BCUT2D eigenvalue weighted by Crippen LogP contribution is -2.47. The van der Waals surface area contributed by atoms with Gasteiger partial charge in [0, 0.05) is 0 Å². The number of hydrogen-bond donors (Lipinski definition) is 0. The fraction of sp³-hybridized carbons (Fsp3) is 0.818. The standard InChI is InChI=1S/C11H18/c1-4-8-5-6-9-7-10(8)11(9,2)3/h5,9-10H,4,6-7H2,1-3H3. The molecule has 2 unspecified atom stereocenters. The molecule has 0 heteroatoms. The normalized spacial score (nSPS) is 39.4. The Kier molecular flexibility index (Phi) is 1.42. The van der Waals surface area contributed by atoms with E-state index in [1.165, 1.54) is 19.3 Å². The zero-order valence-electron chi connectivity index (χ0n) is 7.85. The van der Waals surface area contributed by atoms with Gasteiger partial charge in [0.25, 0.3) is 0 Å². The van der Waals surface area contributed by atoms with Gasteiger partial charge in [-0.3, -0.25) is 0 Å². The maximum atomic E-state index is 2.49. The number of hydrogen-bond acceptors (Lipinski definition) is 0. The van der Waals surface area contributed by atoms with Crippen molar-refractivity contribution in [3.05, 3.63) is 11.6 Å². The summed E-state index contributed by atoms with van der Waals surface area (Å²) >= 11 is 0. The molecule has 0 radical (unpaired) electrons. The highest BCUT2D eigenvalue weighted by Crippen LogP contribution is 2.59. The van der Waals surface area contributed by atoms with Gasteiger partial charge in [0.1, 0.15) is 0 Å². The average molecular weight is 150 g/mol. The van der Waals surface area contributed by atoms with Gasteiger partial charge in [-0.2, -0.15) is 0 Å². The van der Waals surface area contributed by atoms with Crippen LogP contribution in [0, 0.1) is 17.3 Å². The van der Waals surface area contributed by atoms with Crippen molar-refractivity contribution in [2.75, 3.05) is 0 Å². The Balaban J connectivity index is 2.23. The molecule has 0 spiro atoms. The molecule has 1 fully saturated rings. The van der Waals surface area contributed by atoms with Crippen molar-refractivity contribution in [2.24, 2.45) is 17.3 Å². The summed E-state index contributed by atoms with van der Waals surface area (Å²) < 4.78 is 0. The maximum absolute atomic E-state index is 2.49. The quantitative estimate of drug-likeness (QED) is 0.503. The molecule has 2 atom stereocenters. The fourth-order valence-electron chi connectivity index (χ4n) is 2.87. The van der Waals surface area contributed by atoms with E-state index in [9.17, 15) is 0 Å². The Hall–Kier alpha value is -0.260. The minimum atomic E-state index is 0.639. The van der Waals surface area contributed by atoms with Crippen molar-refractivity contribution in [1.29, 1.82) is 0 Å². The molecule has 0 nitrogen and oxygen atoms in total. The van der Waals surface area contributed by atoms with Crippen molar-refractivity contribution in [3.8, 4) is 0 Å². The molecule has 0 aliphatic heterocycles. The van der Waals surface area contributed by atoms with Crippen LogP contribution in [-0.2, 0) is 0 Å². The second-order valence-corrected chi connectivity index (χ2v) is 4.67. The zero-order valence-corrected chi connectivity index (χ0v) is 7.85. The van der Waals surface area contributed by atoms with E-state index >= 15 is 0 Å². The van der Waals surface area contributed by atoms with Gasteiger partial charge in [-0.25, -0.2) is 0 Å². The topological polar surface area (TPSA) is 0 Å². The summed E-state index contributed by atoms with van der Waals surface area (Å²) in [5.41, 5.74) is 2.37. The van der Waals surface area contributed by atoms with Gasteiger partial charge in [0.15, 0.2) is 0 Å². The first kappa shape index (κ1) is 7.39. The van der Waals surface area contributed by atoms with E-state index in [0.29, 0.717) is 5.41 Å². The third-order valence-corrected chi connectivity index (χ3v) is 3.99. The summed E-state index contributed by atoms with van der Waals surface area (Å²) in [6, 6.07) is 0. The molecule has 0 amide bonds. The minimum Gasteiger partial charge on any atom is -0.0847 e. The first-order chi connectivity index (χ1) is 5.16. The van der Waals surface area contributed by atoms with Crippen molar-refractivity contribution >= 4 is 0 Å². The third-order valence-electron chi connectivity index (χ3n) is 3.99. The Morgan fingerprint density at radius 3 is 2.64 bits per heavy atom. The molecule has 0 N–H and O–H groups in total. The van der Waals surface area contributed by atoms with E-state index in [4.69, 9.17) is 0 Å². The molecule has 3 aliphatic rings. The molecular formula is C11H18. The molecule has 3 rings (SSSR count). The van der Waals surface area contributed by atoms with Crippen molar-refractivity contribution in [1.82, 2.24) is 0 Å². The number of allylic oxidation sites excluding steroid dienone is 2. The van der Waals surface area contributed by atoms with E-state index in [1.54, 1.807) is 5.57 Å². The highest BCUT2D eigenvalue weighted by Gasteiger charge is 2.50. The van der Waals surface area contributed by atoms with E-state index < -0.39 is 0 Å². The summed E-state index contributed by atoms with van der Waals surface area (Å²) in [7, 11) is 0. The minimum absolute atomic E-state index is 0.639. The summed E-state index contributed by atoms with van der Waals surface area (Å²) in [6.07, 6.45) is 6.60. The van der Waals surface area contributed by atoms with Gasteiger partial charge >= 0.3 is 0 Å². The molecule has 0 heterocycles. The molecule has 0 saturated heterocycles. The van der Waals surface area contributed by atoms with Gasteiger partial charge in [-0.15, -0.1) is 0 Å². The molecule has 0 aromatic rings. The molecule has 11 heavy (non-hydrogen) atoms. The van der Waals surface area contributed by atoms with Crippen molar-refractivity contribution in [3.63, 3.8) is 0 Å². The summed E-state index contributed by atoms with van der Waals surface area (Å²) in [6.45, 7) is 7.17. The second kappa shape index (κ2) is 2.12. The van der Waals surface area contributed by atoms with E-state index in [0.717, 1.165) is 11.8 Å². The molecular weight excluding hydrogens is 132 g/mol. The highest BCUT2D eigenvalue weighted by atomic mass is 14.5. The average Bonchev–Trinajstić information content (AvgIpc) is 2.04. The van der Waals surface area contributed by atoms with Gasteiger partial charge in [-0.1, -0.05) is 32.4 Å². The smallest absolute Gasteiger partial charge is 0.0146 e. The van der Waals surface area contributed by atoms with E-state index in [-0.39, 0.29) is 0 Å². The van der Waals surface area contributed by atoms with Crippen molar-refractivity contribution in [2.45, 2.75) is 40.0 Å². The summed E-state index contributed by atoms with van der Waals surface area (Å²) in [4.78, 5) is 0. The van der Waals surface area contributed by atoms with Crippen LogP contribution >= 0.6 is 0 Å². The summed E-state index contributed by atoms with van der Waals surface area (Å²) in [5, 5.41) is 0. The van der Waals surface area contributed by atoms with Crippen LogP contribution < -0.4 is 0 Å². The van der Waals surface area contributed by atoms with Gasteiger partial charge < -0.3 is 0 Å². The number of rotatable bonds is 1. The van der Waals surface area contributed by atoms with Crippen LogP contribution in [0.15, 0.2) is 11.6 Å². The van der Waals surface area contributed by atoms with Gasteiger partial charge in [0.05, 0.1) is 0 Å². The SMILES string of the molecule is CCC1=CCC2CC1C2(C)C. The molecule has 0 aromatic heterocycles. The Bertz CT molecular complexity index is 198. The largest absolute Gasteiger partial charge is 0.0847 e. The highest BCUT2D eigenvalue weighted by molar-refractivity contribution is 5.22. The Morgan fingerprint density at radius 2 is 2.27 bits per heavy atom. The van der Waals surface area contributed by atoms with Crippen LogP contribution in [0.4, 0.5) is 0 Å². The fourth-order valence-corrected chi connectivity index (χ4v) is 2.87. The first-order valence-corrected chi connectivity index (χ1v) is 4.85. The van der Waals surface area contributed by atoms with Crippen LogP contribution in [0.25, 0.3) is 0 Å². The predicted molar refractivity (Wildman–Crippen MR) is 48.4 cm³/mol. The lowest BCUT2D eigenvalue weighted by atomic mass is 9.48. The number of fused-ring (bicyclic) bond motifs is 1. The maximum Gasteiger partial charge on any atom is -0.0146 e. The Labute approximate surface area is 69.7 Å². The van der Waals surface area contributed by atoms with Crippen molar-refractivity contribution < 1.29 is 0 Å². The zero-order chi connectivity index (χ0) is 8.06. The van der Waals surface area contributed by atoms with Crippen LogP contribution in [0.1, 0.15) is 40.0 Å². The molecule has 0 aromatic carbocycles. The monoisotopic (exact) mass is 150 g/mol. The second-order valence-electron chi connectivity index (χ2n) is 4.67. The van der Waals surface area contributed by atoms with Crippen LogP contribution in [0.5, 0.6) is 0 Å². The van der Waals surface area contributed by atoms with Crippen LogP contribution in [0.2, 0.25) is 0 Å². The molecule has 1 saturated carbocycles. The predicted octanol–water partition coefficient (Wildman–Crippen LogP) is 3.39. The van der Waals surface area contributed by atoms with Gasteiger partial charge in [-0.05, 0) is 36.5 Å². The van der Waals surface area contributed by atoms with Crippen LogP contribution in [0.3, 0.4) is 0 Å². The molecule has 3 aliphatic carbocycles. The first-order valence-electron chi connectivity index (χ1n) is 4.85. The van der Waals surface area contributed by atoms with Gasteiger partial charge in [0.2, 0.25) is 0 Å². The molecule has 62 valence electrons. The van der Waals surface area contributed by atoms with E-state index in [2.05, 4.69) is 26.8 Å². The lowest BCUT2D eigenvalue weighted by Gasteiger charge is -2.56. The summed E-state index contributed by atoms with van der Waals surface area (Å²) in [5.74, 6) is 1.94. The van der Waals surface area contributed by atoms with Crippen LogP contribution in [-0.4, -0.2) is 0 Å². The van der Waals surface area contributed by atoms with E-state index in [1.807, 2.05) is 0 Å². The lowest BCUT2D eigenvalue weighted by molar-refractivity contribution is -0.00777. The third kappa shape index (κ3) is 0.816. The molecule has 2 bridgehead atoms.